The van der Waals surface area contributed by atoms with Gasteiger partial charge in [0.25, 0.3) is 5.79 Å². The highest BCUT2D eigenvalue weighted by Gasteiger charge is 2.39. The lowest BCUT2D eigenvalue weighted by Crippen LogP contribution is -2.42. The van der Waals surface area contributed by atoms with Crippen LogP contribution in [0.5, 0.6) is 0 Å². The topological polar surface area (TPSA) is 98.8 Å². The molecule has 0 saturated carbocycles. The summed E-state index contributed by atoms with van der Waals surface area (Å²) in [5.41, 5.74) is 0.761. The van der Waals surface area contributed by atoms with E-state index in [1.54, 1.807) is 30.3 Å². The minimum Gasteiger partial charge on any atom is -0.419 e. The molecule has 1 aliphatic heterocycles. The molecule has 0 bridgehead atoms. The largest absolute Gasteiger partial charge is 0.419 e. The summed E-state index contributed by atoms with van der Waals surface area (Å²) in [4.78, 5) is 50.6. The number of nitrogens with one attached hydrogen (secondary N) is 1. The zero-order chi connectivity index (χ0) is 21.8. The van der Waals surface area contributed by atoms with Gasteiger partial charge in [0, 0.05) is 40.1 Å². The van der Waals surface area contributed by atoms with Crippen molar-refractivity contribution in [3.8, 4) is 0 Å². The molecule has 2 aliphatic rings. The molecule has 9 heteroatoms. The molecule has 2 aromatic carbocycles. The number of cyclic esters (lactones) is 2. The second-order valence-electron chi connectivity index (χ2n) is 7.05. The molecule has 1 fully saturated rings. The van der Waals surface area contributed by atoms with Crippen molar-refractivity contribution >= 4 is 61.1 Å². The van der Waals surface area contributed by atoms with Crippen LogP contribution in [0.1, 0.15) is 45.7 Å². The van der Waals surface area contributed by atoms with Gasteiger partial charge >= 0.3 is 11.9 Å². The molecule has 4 rings (SSSR count). The molecule has 0 atom stereocenters. The maximum absolute atomic E-state index is 13.2. The Kier molecular flexibility index (Phi) is 4.90. The van der Waals surface area contributed by atoms with Crippen LogP contribution in [0, 0.1) is 0 Å². The fourth-order valence-electron chi connectivity index (χ4n) is 3.28. The lowest BCUT2D eigenvalue weighted by molar-refractivity contribution is -0.222. The molecular weight excluding hydrogens is 522 g/mol. The standard InChI is InChI=1S/C21H13Br2NO6/c1-21(2)29-19(27)11(20(28)30-21)8-24-16-13(23)7-12(22)14-15(16)18(26)10-6-4-3-5-9(10)17(14)25/h3-8,24H,1-2H3. The third-order valence-corrected chi connectivity index (χ3v) is 5.83. The Balaban J connectivity index is 1.82. The van der Waals surface area contributed by atoms with Gasteiger partial charge in [-0.15, -0.1) is 0 Å². The molecule has 0 amide bonds. The Morgan fingerprint density at radius 3 is 1.97 bits per heavy atom. The highest BCUT2D eigenvalue weighted by Crippen LogP contribution is 2.40. The maximum Gasteiger partial charge on any atom is 0.350 e. The van der Waals surface area contributed by atoms with Crippen molar-refractivity contribution in [3.05, 3.63) is 73.3 Å². The van der Waals surface area contributed by atoms with Gasteiger partial charge in [-0.2, -0.15) is 0 Å². The van der Waals surface area contributed by atoms with Crippen molar-refractivity contribution in [2.75, 3.05) is 5.32 Å². The number of hydrogen-bond donors (Lipinski definition) is 1. The van der Waals surface area contributed by atoms with Gasteiger partial charge in [0.1, 0.15) is 0 Å². The lowest BCUT2D eigenvalue weighted by Gasteiger charge is -2.29. The number of halogens is 2. The zero-order valence-corrected chi connectivity index (χ0v) is 18.8. The second-order valence-corrected chi connectivity index (χ2v) is 8.76. The molecule has 7 nitrogen and oxygen atoms in total. The first-order valence-electron chi connectivity index (χ1n) is 8.74. The first kappa shape index (κ1) is 20.5. The molecule has 1 N–H and O–H groups in total. The average molecular weight is 535 g/mol. The molecule has 0 spiro atoms. The van der Waals surface area contributed by atoms with Crippen molar-refractivity contribution < 1.29 is 28.7 Å². The summed E-state index contributed by atoms with van der Waals surface area (Å²) < 4.78 is 11.0. The number of anilines is 1. The predicted octanol–water partition coefficient (Wildman–Crippen LogP) is 4.12. The van der Waals surface area contributed by atoms with Gasteiger partial charge < -0.3 is 14.8 Å². The number of benzene rings is 2. The van der Waals surface area contributed by atoms with E-state index in [0.717, 1.165) is 6.20 Å². The van der Waals surface area contributed by atoms with Gasteiger partial charge in [-0.25, -0.2) is 9.59 Å². The molecule has 1 heterocycles. The van der Waals surface area contributed by atoms with Crippen molar-refractivity contribution in [3.63, 3.8) is 0 Å². The monoisotopic (exact) mass is 533 g/mol. The normalized spacial score (nSPS) is 17.0. The van der Waals surface area contributed by atoms with Gasteiger partial charge in [-0.05, 0) is 37.9 Å². The number of ether oxygens (including phenoxy) is 2. The summed E-state index contributed by atoms with van der Waals surface area (Å²) in [6.07, 6.45) is 1.10. The van der Waals surface area contributed by atoms with E-state index in [4.69, 9.17) is 9.47 Å². The van der Waals surface area contributed by atoms with E-state index in [2.05, 4.69) is 37.2 Å². The molecule has 2 aromatic rings. The van der Waals surface area contributed by atoms with E-state index >= 15 is 0 Å². The summed E-state index contributed by atoms with van der Waals surface area (Å²) in [7, 11) is 0. The Bertz CT molecular complexity index is 1180. The smallest absolute Gasteiger partial charge is 0.350 e. The molecule has 1 aliphatic carbocycles. The second kappa shape index (κ2) is 7.17. The van der Waals surface area contributed by atoms with Gasteiger partial charge in [-0.3, -0.25) is 9.59 Å². The minimum absolute atomic E-state index is 0.120. The van der Waals surface area contributed by atoms with E-state index in [0.29, 0.717) is 14.5 Å². The van der Waals surface area contributed by atoms with Crippen LogP contribution in [0.4, 0.5) is 5.69 Å². The average Bonchev–Trinajstić information content (AvgIpc) is 2.65. The third kappa shape index (κ3) is 3.27. The Hall–Kier alpha value is -2.78. The summed E-state index contributed by atoms with van der Waals surface area (Å²) in [5, 5.41) is 2.80. The fourth-order valence-corrected chi connectivity index (χ4v) is 4.74. The third-order valence-electron chi connectivity index (χ3n) is 4.58. The van der Waals surface area contributed by atoms with E-state index in [9.17, 15) is 19.2 Å². The van der Waals surface area contributed by atoms with Crippen LogP contribution >= 0.6 is 31.9 Å². The fraction of sp³-hybridized carbons (Fsp3) is 0.143. The van der Waals surface area contributed by atoms with Crippen LogP contribution in [-0.4, -0.2) is 29.3 Å². The molecule has 0 radical (unpaired) electrons. The molecule has 0 aromatic heterocycles. The quantitative estimate of drug-likeness (QED) is 0.300. The number of carbonyl (C=O) groups excluding carboxylic acids is 4. The van der Waals surface area contributed by atoms with E-state index in [1.165, 1.54) is 13.8 Å². The van der Waals surface area contributed by atoms with E-state index in [-0.39, 0.29) is 39.5 Å². The highest BCUT2D eigenvalue weighted by molar-refractivity contribution is 9.11. The van der Waals surface area contributed by atoms with Crippen molar-refractivity contribution in [2.45, 2.75) is 19.6 Å². The number of fused-ring (bicyclic) bond motifs is 2. The number of ketones is 2. The van der Waals surface area contributed by atoms with E-state index < -0.39 is 17.7 Å². The molecule has 0 unspecified atom stereocenters. The van der Waals surface area contributed by atoms with Crippen LogP contribution in [0.15, 0.2) is 51.1 Å². The highest BCUT2D eigenvalue weighted by atomic mass is 79.9. The summed E-state index contributed by atoms with van der Waals surface area (Å²) in [6, 6.07) is 8.14. The van der Waals surface area contributed by atoms with Gasteiger partial charge in [0.2, 0.25) is 0 Å². The predicted molar refractivity (Wildman–Crippen MR) is 113 cm³/mol. The number of rotatable bonds is 2. The van der Waals surface area contributed by atoms with Gasteiger partial charge in [0.15, 0.2) is 17.1 Å². The minimum atomic E-state index is -1.37. The first-order valence-corrected chi connectivity index (χ1v) is 10.3. The van der Waals surface area contributed by atoms with Gasteiger partial charge in [-0.1, -0.05) is 24.3 Å². The maximum atomic E-state index is 13.2. The Morgan fingerprint density at radius 1 is 0.867 bits per heavy atom. The molecule has 30 heavy (non-hydrogen) atoms. The van der Waals surface area contributed by atoms with Crippen LogP contribution in [0.25, 0.3) is 0 Å². The molecule has 152 valence electrons. The summed E-state index contributed by atoms with van der Waals surface area (Å²) >= 11 is 6.72. The number of esters is 2. The van der Waals surface area contributed by atoms with Crippen molar-refractivity contribution in [2.24, 2.45) is 0 Å². The first-order chi connectivity index (χ1) is 14.1. The van der Waals surface area contributed by atoms with Crippen molar-refractivity contribution in [1.29, 1.82) is 0 Å². The van der Waals surface area contributed by atoms with Crippen molar-refractivity contribution in [1.82, 2.24) is 0 Å². The van der Waals surface area contributed by atoms with Gasteiger partial charge in [0.05, 0.1) is 16.8 Å². The van der Waals surface area contributed by atoms with E-state index in [1.807, 2.05) is 0 Å². The number of carbonyl (C=O) groups is 4. The lowest BCUT2D eigenvalue weighted by atomic mass is 9.83. The van der Waals surface area contributed by atoms with Crippen LogP contribution in [-0.2, 0) is 19.1 Å². The van der Waals surface area contributed by atoms with Crippen LogP contribution in [0.2, 0.25) is 0 Å². The summed E-state index contributed by atoms with van der Waals surface area (Å²) in [5.74, 6) is -3.77. The Morgan fingerprint density at radius 2 is 1.40 bits per heavy atom. The molecular formula is C21H13Br2NO6. The zero-order valence-electron chi connectivity index (χ0n) is 15.7. The van der Waals surface area contributed by atoms with Crippen LogP contribution < -0.4 is 5.32 Å². The summed E-state index contributed by atoms with van der Waals surface area (Å²) in [6.45, 7) is 2.88. The molecule has 1 saturated heterocycles. The Labute approximate surface area is 187 Å². The number of hydrogen-bond acceptors (Lipinski definition) is 7. The van der Waals surface area contributed by atoms with Crippen LogP contribution in [0.3, 0.4) is 0 Å². The SMILES string of the molecule is CC1(C)OC(=O)C(=CNc2c(Br)cc(Br)c3c2C(=O)c2ccccc2C3=O)C(=O)O1.